The topological polar surface area (TPSA) is 24.7 Å². The number of hydrogen-bond acceptors (Lipinski definition) is 2. The Balaban J connectivity index is 2.29. The van der Waals surface area contributed by atoms with Crippen molar-refractivity contribution in [2.45, 2.75) is 38.9 Å². The fourth-order valence-corrected chi connectivity index (χ4v) is 1.96. The minimum Gasteiger partial charge on any atom is -0.253 e. The molecule has 1 aliphatic rings. The summed E-state index contributed by atoms with van der Waals surface area (Å²) < 4.78 is 37.7. The second-order valence-corrected chi connectivity index (χ2v) is 4.90. The number of hydrogen-bond donors (Lipinski definition) is 0. The lowest BCUT2D eigenvalue weighted by molar-refractivity contribution is -0.0596. The second-order valence-electron chi connectivity index (χ2n) is 4.90. The Kier molecular flexibility index (Phi) is 3.47. The van der Waals surface area contributed by atoms with Crippen LogP contribution in [-0.2, 0) is 0 Å². The first kappa shape index (κ1) is 13.8. The van der Waals surface area contributed by atoms with E-state index in [1.807, 2.05) is 12.1 Å². The molecule has 2 rings (SSSR count). The SMILES string of the molecule is CC1N=C(C(F)(F)F)N=C1c1ccc(C(C)C)cc1. The summed E-state index contributed by atoms with van der Waals surface area (Å²) in [6, 6.07) is 6.89. The molecule has 0 amide bonds. The molecular weight excluding hydrogens is 253 g/mol. The Morgan fingerprint density at radius 1 is 1.11 bits per heavy atom. The average molecular weight is 268 g/mol. The molecule has 1 aliphatic heterocycles. The highest BCUT2D eigenvalue weighted by Gasteiger charge is 2.40. The van der Waals surface area contributed by atoms with Crippen molar-refractivity contribution in [1.82, 2.24) is 0 Å². The third-order valence-electron chi connectivity index (χ3n) is 3.06. The van der Waals surface area contributed by atoms with Crippen LogP contribution in [0.1, 0.15) is 37.8 Å². The van der Waals surface area contributed by atoms with Crippen molar-refractivity contribution in [2.24, 2.45) is 9.98 Å². The van der Waals surface area contributed by atoms with Gasteiger partial charge in [0.1, 0.15) is 0 Å². The Morgan fingerprint density at radius 3 is 2.11 bits per heavy atom. The summed E-state index contributed by atoms with van der Waals surface area (Å²) >= 11 is 0. The van der Waals surface area contributed by atoms with E-state index in [0.717, 1.165) is 5.56 Å². The van der Waals surface area contributed by atoms with Crippen LogP contribution in [0.2, 0.25) is 0 Å². The van der Waals surface area contributed by atoms with Crippen LogP contribution in [-0.4, -0.2) is 23.8 Å². The van der Waals surface area contributed by atoms with E-state index in [1.165, 1.54) is 0 Å². The fraction of sp³-hybridized carbons (Fsp3) is 0.429. The number of alkyl halides is 3. The molecule has 0 radical (unpaired) electrons. The van der Waals surface area contributed by atoms with Crippen molar-refractivity contribution in [3.05, 3.63) is 35.4 Å². The molecule has 0 saturated carbocycles. The summed E-state index contributed by atoms with van der Waals surface area (Å²) in [4.78, 5) is 7.19. The van der Waals surface area contributed by atoms with Crippen molar-refractivity contribution in [3.8, 4) is 0 Å². The molecule has 1 unspecified atom stereocenters. The smallest absolute Gasteiger partial charge is 0.253 e. The van der Waals surface area contributed by atoms with Crippen molar-refractivity contribution in [2.75, 3.05) is 0 Å². The third-order valence-corrected chi connectivity index (χ3v) is 3.06. The van der Waals surface area contributed by atoms with Crippen molar-refractivity contribution in [1.29, 1.82) is 0 Å². The van der Waals surface area contributed by atoms with Gasteiger partial charge in [0, 0.05) is 0 Å². The monoisotopic (exact) mass is 268 g/mol. The molecule has 0 aromatic heterocycles. The average Bonchev–Trinajstić information content (AvgIpc) is 2.71. The van der Waals surface area contributed by atoms with Crippen molar-refractivity contribution in [3.63, 3.8) is 0 Å². The van der Waals surface area contributed by atoms with Gasteiger partial charge in [0.15, 0.2) is 0 Å². The van der Waals surface area contributed by atoms with E-state index in [0.29, 0.717) is 17.2 Å². The molecule has 0 bridgehead atoms. The summed E-state index contributed by atoms with van der Waals surface area (Å²) in [5.74, 6) is -0.651. The highest BCUT2D eigenvalue weighted by Crippen LogP contribution is 2.25. The van der Waals surface area contributed by atoms with Crippen LogP contribution in [0, 0.1) is 0 Å². The maximum Gasteiger partial charge on any atom is 0.451 e. The van der Waals surface area contributed by atoms with E-state index in [-0.39, 0.29) is 0 Å². The predicted molar refractivity (Wildman–Crippen MR) is 70.0 cm³/mol. The molecule has 0 spiro atoms. The third kappa shape index (κ3) is 2.85. The number of benzene rings is 1. The van der Waals surface area contributed by atoms with E-state index in [9.17, 15) is 13.2 Å². The molecule has 1 heterocycles. The molecule has 0 saturated heterocycles. The van der Waals surface area contributed by atoms with E-state index < -0.39 is 18.1 Å². The summed E-state index contributed by atoms with van der Waals surface area (Å²) in [7, 11) is 0. The first-order valence-electron chi connectivity index (χ1n) is 6.13. The zero-order valence-electron chi connectivity index (χ0n) is 11.0. The van der Waals surface area contributed by atoms with Gasteiger partial charge in [-0.2, -0.15) is 13.2 Å². The van der Waals surface area contributed by atoms with E-state index in [4.69, 9.17) is 0 Å². The van der Waals surface area contributed by atoms with Crippen LogP contribution in [0.25, 0.3) is 0 Å². The quantitative estimate of drug-likeness (QED) is 0.775. The van der Waals surface area contributed by atoms with Crippen LogP contribution >= 0.6 is 0 Å². The summed E-state index contributed by atoms with van der Waals surface area (Å²) in [6.45, 7) is 5.75. The molecule has 1 aromatic rings. The van der Waals surface area contributed by atoms with Gasteiger partial charge >= 0.3 is 6.18 Å². The minimum atomic E-state index is -4.48. The lowest BCUT2D eigenvalue weighted by Crippen LogP contribution is -2.19. The largest absolute Gasteiger partial charge is 0.451 e. The molecule has 0 aliphatic carbocycles. The molecule has 2 nitrogen and oxygen atoms in total. The maximum absolute atomic E-state index is 12.6. The Labute approximate surface area is 110 Å². The van der Waals surface area contributed by atoms with Gasteiger partial charge in [-0.15, -0.1) is 0 Å². The summed E-state index contributed by atoms with van der Waals surface area (Å²) in [5, 5.41) is 0. The number of aliphatic imine (C=N–C) groups is 2. The molecule has 0 fully saturated rings. The Morgan fingerprint density at radius 2 is 1.68 bits per heavy atom. The van der Waals surface area contributed by atoms with Crippen LogP contribution in [0.3, 0.4) is 0 Å². The molecule has 19 heavy (non-hydrogen) atoms. The molecule has 0 N–H and O–H groups in total. The normalized spacial score (nSPS) is 19.6. The molecule has 5 heteroatoms. The van der Waals surface area contributed by atoms with Gasteiger partial charge in [-0.1, -0.05) is 38.1 Å². The van der Waals surface area contributed by atoms with Gasteiger partial charge in [-0.25, -0.2) is 4.99 Å². The number of halogens is 3. The lowest BCUT2D eigenvalue weighted by Gasteiger charge is -2.08. The summed E-state index contributed by atoms with van der Waals surface area (Å²) in [6.07, 6.45) is -4.48. The van der Waals surface area contributed by atoms with E-state index in [2.05, 4.69) is 23.8 Å². The number of nitrogens with zero attached hydrogens (tertiary/aromatic N) is 2. The van der Waals surface area contributed by atoms with Gasteiger partial charge in [0.05, 0.1) is 11.8 Å². The Hall–Kier alpha value is -1.65. The fourth-order valence-electron chi connectivity index (χ4n) is 1.96. The van der Waals surface area contributed by atoms with Crippen LogP contribution < -0.4 is 0 Å². The highest BCUT2D eigenvalue weighted by molar-refractivity contribution is 6.15. The Bertz CT molecular complexity index is 525. The van der Waals surface area contributed by atoms with Crippen LogP contribution in [0.5, 0.6) is 0 Å². The lowest BCUT2D eigenvalue weighted by atomic mass is 9.98. The van der Waals surface area contributed by atoms with Gasteiger partial charge in [0.2, 0.25) is 5.84 Å². The molecule has 1 atom stereocenters. The highest BCUT2D eigenvalue weighted by atomic mass is 19.4. The zero-order chi connectivity index (χ0) is 14.2. The first-order valence-corrected chi connectivity index (χ1v) is 6.13. The molecular formula is C14H15F3N2. The minimum absolute atomic E-state index is 0.377. The zero-order valence-corrected chi connectivity index (χ0v) is 11.0. The van der Waals surface area contributed by atoms with E-state index in [1.54, 1.807) is 19.1 Å². The van der Waals surface area contributed by atoms with Gasteiger partial charge in [-0.05, 0) is 24.0 Å². The van der Waals surface area contributed by atoms with Gasteiger partial charge in [-0.3, -0.25) is 4.99 Å². The van der Waals surface area contributed by atoms with Gasteiger partial charge < -0.3 is 0 Å². The predicted octanol–water partition coefficient (Wildman–Crippen LogP) is 3.96. The number of rotatable bonds is 2. The van der Waals surface area contributed by atoms with Crippen LogP contribution in [0.15, 0.2) is 34.3 Å². The standard InChI is InChI=1S/C14H15F3N2/c1-8(2)10-4-6-11(7-5-10)12-9(3)18-13(19-12)14(15,16)17/h4-9H,1-3H3. The first-order chi connectivity index (χ1) is 8.79. The van der Waals surface area contributed by atoms with E-state index >= 15 is 0 Å². The van der Waals surface area contributed by atoms with Gasteiger partial charge in [0.25, 0.3) is 0 Å². The van der Waals surface area contributed by atoms with Crippen molar-refractivity contribution >= 4 is 11.5 Å². The number of amidine groups is 1. The second kappa shape index (κ2) is 4.79. The molecule has 102 valence electrons. The maximum atomic E-state index is 12.6. The van der Waals surface area contributed by atoms with Crippen molar-refractivity contribution < 1.29 is 13.2 Å². The van der Waals surface area contributed by atoms with Crippen LogP contribution in [0.4, 0.5) is 13.2 Å². The molecule has 1 aromatic carbocycles. The summed E-state index contributed by atoms with van der Waals surface area (Å²) in [5.41, 5.74) is 2.22.